The van der Waals surface area contributed by atoms with E-state index in [2.05, 4.69) is 4.72 Å². The van der Waals surface area contributed by atoms with Gasteiger partial charge in [-0.3, -0.25) is 4.79 Å². The molecule has 1 heterocycles. The van der Waals surface area contributed by atoms with Crippen LogP contribution in [0.15, 0.2) is 34.0 Å². The lowest BCUT2D eigenvalue weighted by Crippen LogP contribution is -2.30. The van der Waals surface area contributed by atoms with Crippen molar-refractivity contribution in [3.05, 3.63) is 39.6 Å². The standard InChI is InChI=1S/C12H14ClN2O6PS/c1-7(2)14-23(20,21)11-5-8-3-4-12(16)15(22(17,18)19)10(8)6-9(11)13/h3-7,14H,1-2H3,(H2,17,18,19). The quantitative estimate of drug-likeness (QED) is 0.686. The van der Waals surface area contributed by atoms with Gasteiger partial charge in [-0.15, -0.1) is 0 Å². The Labute approximate surface area is 137 Å². The van der Waals surface area contributed by atoms with E-state index in [9.17, 15) is 27.6 Å². The third-order valence-electron chi connectivity index (χ3n) is 2.86. The van der Waals surface area contributed by atoms with Crippen LogP contribution < -0.4 is 10.3 Å². The summed E-state index contributed by atoms with van der Waals surface area (Å²) in [7, 11) is -8.82. The maximum Gasteiger partial charge on any atom is 0.437 e. The molecule has 11 heteroatoms. The lowest BCUT2D eigenvalue weighted by Gasteiger charge is -2.14. The zero-order chi connectivity index (χ0) is 17.6. The number of pyridine rings is 1. The molecule has 0 bridgehead atoms. The molecule has 2 rings (SSSR count). The SMILES string of the molecule is CC(C)NS(=O)(=O)c1cc2ccc(=O)n(P(=O)(O)O)c2cc1Cl. The highest BCUT2D eigenvalue weighted by Gasteiger charge is 2.24. The van der Waals surface area contributed by atoms with Crippen molar-refractivity contribution in [2.75, 3.05) is 0 Å². The van der Waals surface area contributed by atoms with Crippen LogP contribution in [0.2, 0.25) is 5.02 Å². The van der Waals surface area contributed by atoms with Gasteiger partial charge >= 0.3 is 7.75 Å². The van der Waals surface area contributed by atoms with Gasteiger partial charge in [-0.25, -0.2) is 22.0 Å². The molecule has 8 nitrogen and oxygen atoms in total. The molecule has 0 aliphatic rings. The van der Waals surface area contributed by atoms with Gasteiger partial charge in [-0.05, 0) is 32.0 Å². The van der Waals surface area contributed by atoms with Crippen LogP contribution in [0.1, 0.15) is 13.8 Å². The van der Waals surface area contributed by atoms with E-state index >= 15 is 0 Å². The maximum absolute atomic E-state index is 12.2. The Morgan fingerprint density at radius 3 is 2.39 bits per heavy atom. The summed E-state index contributed by atoms with van der Waals surface area (Å²) in [6.07, 6.45) is 0. The van der Waals surface area contributed by atoms with Crippen LogP contribution in [-0.4, -0.2) is 28.6 Å². The number of nitrogens with one attached hydrogen (secondary N) is 1. The smallest absolute Gasteiger partial charge is 0.308 e. The summed E-state index contributed by atoms with van der Waals surface area (Å²) in [5.41, 5.74) is -1.07. The molecule has 0 fully saturated rings. The topological polar surface area (TPSA) is 126 Å². The molecule has 0 aliphatic heterocycles. The Hall–Kier alpha value is -1.22. The summed E-state index contributed by atoms with van der Waals surface area (Å²) >= 11 is 5.96. The second-order valence-electron chi connectivity index (χ2n) is 5.11. The first-order valence-electron chi connectivity index (χ1n) is 6.37. The van der Waals surface area contributed by atoms with Crippen molar-refractivity contribution in [1.82, 2.24) is 9.06 Å². The number of fused-ring (bicyclic) bond motifs is 1. The first-order valence-corrected chi connectivity index (χ1v) is 9.80. The van der Waals surface area contributed by atoms with Gasteiger partial charge in [0.25, 0.3) is 5.56 Å². The van der Waals surface area contributed by atoms with Gasteiger partial charge in [0.1, 0.15) is 4.90 Å². The minimum atomic E-state index is -4.92. The van der Waals surface area contributed by atoms with E-state index in [0.29, 0.717) is 0 Å². The van der Waals surface area contributed by atoms with Gasteiger partial charge in [0.2, 0.25) is 10.0 Å². The van der Waals surface area contributed by atoms with Crippen LogP contribution in [0.3, 0.4) is 0 Å². The van der Waals surface area contributed by atoms with Crippen molar-refractivity contribution in [1.29, 1.82) is 0 Å². The van der Waals surface area contributed by atoms with Crippen molar-refractivity contribution in [2.24, 2.45) is 0 Å². The van der Waals surface area contributed by atoms with E-state index in [1.165, 1.54) is 6.07 Å². The van der Waals surface area contributed by atoms with Crippen molar-refractivity contribution in [3.8, 4) is 0 Å². The van der Waals surface area contributed by atoms with E-state index in [-0.39, 0.29) is 31.2 Å². The third-order valence-corrected chi connectivity index (χ3v) is 5.92. The summed E-state index contributed by atoms with van der Waals surface area (Å²) < 4.78 is 38.6. The number of nitrogens with zero attached hydrogens (tertiary/aromatic N) is 1. The molecular formula is C12H14ClN2O6PS. The zero-order valence-electron chi connectivity index (χ0n) is 12.1. The van der Waals surface area contributed by atoms with Crippen LogP contribution in [0.25, 0.3) is 10.9 Å². The first kappa shape index (κ1) is 18.1. The highest BCUT2D eigenvalue weighted by molar-refractivity contribution is 7.89. The molecule has 23 heavy (non-hydrogen) atoms. The first-order chi connectivity index (χ1) is 10.4. The van der Waals surface area contributed by atoms with E-state index in [1.807, 2.05) is 0 Å². The minimum absolute atomic E-state index is 0.153. The Morgan fingerprint density at radius 1 is 1.26 bits per heavy atom. The molecule has 126 valence electrons. The fourth-order valence-electron chi connectivity index (χ4n) is 2.07. The van der Waals surface area contributed by atoms with Crippen molar-refractivity contribution in [3.63, 3.8) is 0 Å². The Balaban J connectivity index is 2.83. The molecule has 0 saturated heterocycles. The summed E-state index contributed by atoms with van der Waals surface area (Å²) in [6, 6.07) is 4.06. The van der Waals surface area contributed by atoms with Crippen LogP contribution >= 0.6 is 19.3 Å². The minimum Gasteiger partial charge on any atom is -0.308 e. The molecule has 3 N–H and O–H groups in total. The number of aromatic nitrogens is 1. The average molecular weight is 381 g/mol. The zero-order valence-corrected chi connectivity index (χ0v) is 14.6. The second-order valence-corrected chi connectivity index (χ2v) is 8.63. The fourth-order valence-corrected chi connectivity index (χ4v) is 4.66. The van der Waals surface area contributed by atoms with Crippen molar-refractivity contribution in [2.45, 2.75) is 24.8 Å². The van der Waals surface area contributed by atoms with Gasteiger partial charge < -0.3 is 9.79 Å². The summed E-state index contributed by atoms with van der Waals surface area (Å²) in [4.78, 5) is 30.1. The van der Waals surface area contributed by atoms with Crippen LogP contribution in [-0.2, 0) is 14.6 Å². The lowest BCUT2D eigenvalue weighted by molar-refractivity contribution is 0.361. The van der Waals surface area contributed by atoms with Gasteiger partial charge in [-0.1, -0.05) is 11.6 Å². The molecule has 0 amide bonds. The van der Waals surface area contributed by atoms with E-state index < -0.39 is 23.3 Å². The number of hydrogen-bond acceptors (Lipinski definition) is 4. The normalized spacial score (nSPS) is 13.0. The molecule has 0 spiro atoms. The molecule has 0 atom stereocenters. The van der Waals surface area contributed by atoms with Crippen molar-refractivity contribution < 1.29 is 22.8 Å². The number of rotatable bonds is 4. The van der Waals surface area contributed by atoms with E-state index in [1.54, 1.807) is 13.8 Å². The highest BCUT2D eigenvalue weighted by atomic mass is 35.5. The lowest BCUT2D eigenvalue weighted by atomic mass is 10.2. The molecule has 0 unspecified atom stereocenters. The summed E-state index contributed by atoms with van der Waals surface area (Å²) in [6.45, 7) is 3.27. The van der Waals surface area contributed by atoms with E-state index in [4.69, 9.17) is 11.6 Å². The predicted octanol–water partition coefficient (Wildman–Crippen LogP) is 1.28. The van der Waals surface area contributed by atoms with Crippen LogP contribution in [0, 0.1) is 0 Å². The van der Waals surface area contributed by atoms with Gasteiger partial charge in [0.05, 0.1) is 10.5 Å². The molecule has 0 saturated carbocycles. The monoisotopic (exact) mass is 380 g/mol. The molecular weight excluding hydrogens is 367 g/mol. The number of halogens is 1. The number of sulfonamides is 1. The van der Waals surface area contributed by atoms with Crippen LogP contribution in [0.5, 0.6) is 0 Å². The van der Waals surface area contributed by atoms with Gasteiger partial charge in [0.15, 0.2) is 0 Å². The number of hydrogen-bond donors (Lipinski definition) is 3. The Morgan fingerprint density at radius 2 is 1.87 bits per heavy atom. The summed E-state index contributed by atoms with van der Waals surface area (Å²) in [5.74, 6) is 0. The van der Waals surface area contributed by atoms with Crippen LogP contribution in [0.4, 0.5) is 0 Å². The number of benzene rings is 1. The van der Waals surface area contributed by atoms with Crippen molar-refractivity contribution >= 4 is 40.3 Å². The highest BCUT2D eigenvalue weighted by Crippen LogP contribution is 2.39. The Kier molecular flexibility index (Phi) is 4.74. The Bertz CT molecular complexity index is 979. The fraction of sp³-hybridized carbons (Fsp3) is 0.250. The predicted molar refractivity (Wildman–Crippen MR) is 86.1 cm³/mol. The second kappa shape index (κ2) is 6.01. The average Bonchev–Trinajstić information content (AvgIpc) is 2.34. The third kappa shape index (κ3) is 3.65. The molecule has 1 aromatic carbocycles. The maximum atomic E-state index is 12.2. The van der Waals surface area contributed by atoms with Gasteiger partial charge in [0, 0.05) is 17.5 Å². The van der Waals surface area contributed by atoms with Gasteiger partial charge in [-0.2, -0.15) is 0 Å². The largest absolute Gasteiger partial charge is 0.437 e. The molecule has 2 aromatic rings. The summed E-state index contributed by atoms with van der Waals surface area (Å²) in [5, 5.41) is -0.0973. The molecule has 1 aromatic heterocycles. The molecule has 0 radical (unpaired) electrons. The van der Waals surface area contributed by atoms with E-state index in [0.717, 1.165) is 18.2 Å². The molecule has 0 aliphatic carbocycles.